The van der Waals surface area contributed by atoms with Crippen molar-refractivity contribution in [2.75, 3.05) is 18.2 Å². The lowest BCUT2D eigenvalue weighted by atomic mass is 10.2. The molecule has 0 aliphatic carbocycles. The molecule has 0 atom stereocenters. The van der Waals surface area contributed by atoms with E-state index in [-0.39, 0.29) is 17.3 Å². The van der Waals surface area contributed by atoms with Crippen molar-refractivity contribution in [1.82, 2.24) is 24.7 Å². The Labute approximate surface area is 169 Å². The third kappa shape index (κ3) is 4.02. The van der Waals surface area contributed by atoms with Crippen LogP contribution in [-0.4, -0.2) is 43.5 Å². The van der Waals surface area contributed by atoms with E-state index in [9.17, 15) is 9.59 Å². The van der Waals surface area contributed by atoms with Gasteiger partial charge >= 0.3 is 5.69 Å². The molecule has 0 bridgehead atoms. The largest absolute Gasteiger partial charge is 0.497 e. The Morgan fingerprint density at radius 2 is 1.90 bits per heavy atom. The van der Waals surface area contributed by atoms with Crippen molar-refractivity contribution < 1.29 is 9.53 Å². The predicted molar refractivity (Wildman–Crippen MR) is 111 cm³/mol. The number of benzene rings is 2. The zero-order valence-corrected chi connectivity index (χ0v) is 16.5. The lowest BCUT2D eigenvalue weighted by Gasteiger charge is -2.06. The van der Waals surface area contributed by atoms with E-state index < -0.39 is 0 Å². The fourth-order valence-electron chi connectivity index (χ4n) is 2.87. The normalized spacial score (nSPS) is 11.0. The molecule has 0 spiro atoms. The highest BCUT2D eigenvalue weighted by Crippen LogP contribution is 2.24. The number of ether oxygens (including phenoxy) is 1. The number of carbonyl (C=O) groups excluding carboxylic acids is 1. The van der Waals surface area contributed by atoms with Gasteiger partial charge in [0, 0.05) is 18.3 Å². The number of aromatic nitrogens is 5. The van der Waals surface area contributed by atoms with Crippen LogP contribution in [0.4, 0.5) is 5.69 Å². The van der Waals surface area contributed by atoms with Gasteiger partial charge in [-0.1, -0.05) is 11.8 Å². The molecule has 2 aromatic carbocycles. The molecule has 29 heavy (non-hydrogen) atoms. The first-order valence-corrected chi connectivity index (χ1v) is 9.70. The molecule has 9 nitrogen and oxygen atoms in total. The Morgan fingerprint density at radius 1 is 1.14 bits per heavy atom. The predicted octanol–water partition coefficient (Wildman–Crippen LogP) is 2.39. The molecule has 10 heteroatoms. The van der Waals surface area contributed by atoms with Gasteiger partial charge in [-0.3, -0.25) is 4.79 Å². The molecule has 0 fully saturated rings. The molecule has 0 radical (unpaired) electrons. The summed E-state index contributed by atoms with van der Waals surface area (Å²) in [5, 5.41) is 11.9. The average Bonchev–Trinajstić information content (AvgIpc) is 3.27. The minimum Gasteiger partial charge on any atom is -0.497 e. The summed E-state index contributed by atoms with van der Waals surface area (Å²) in [6, 6.07) is 12.7. The smallest absolute Gasteiger partial charge is 0.323 e. The number of amides is 1. The Kier molecular flexibility index (Phi) is 5.09. The summed E-state index contributed by atoms with van der Waals surface area (Å²) in [5.41, 5.74) is 2.56. The van der Waals surface area contributed by atoms with Gasteiger partial charge in [0.15, 0.2) is 11.0 Å². The number of H-pyrrole nitrogens is 2. The molecule has 148 valence electrons. The monoisotopic (exact) mass is 410 g/mol. The van der Waals surface area contributed by atoms with E-state index in [2.05, 4.69) is 25.5 Å². The Hall–Kier alpha value is -3.53. The summed E-state index contributed by atoms with van der Waals surface area (Å²) >= 11 is 1.29. The maximum atomic E-state index is 12.3. The minimum absolute atomic E-state index is 0.177. The molecule has 0 aliphatic heterocycles. The fourth-order valence-corrected chi connectivity index (χ4v) is 3.58. The SMILES string of the molecule is COc1ccc(-c2nnc(SCC(=O)Nc3ccc4[nH]c(=O)[nH]c4c3)n2C)cc1. The topological polar surface area (TPSA) is 118 Å². The van der Waals surface area contributed by atoms with Crippen molar-refractivity contribution >= 4 is 34.4 Å². The number of anilines is 1. The lowest BCUT2D eigenvalue weighted by Crippen LogP contribution is -2.14. The van der Waals surface area contributed by atoms with Crippen molar-refractivity contribution in [1.29, 1.82) is 0 Å². The van der Waals surface area contributed by atoms with Crippen LogP contribution in [0.25, 0.3) is 22.4 Å². The lowest BCUT2D eigenvalue weighted by molar-refractivity contribution is -0.113. The number of aromatic amines is 2. The van der Waals surface area contributed by atoms with Gasteiger partial charge in [-0.05, 0) is 42.5 Å². The standard InChI is InChI=1S/C19H18N6O3S/c1-25-17(11-3-6-13(28-2)7-4-11)23-24-19(25)29-10-16(26)20-12-5-8-14-15(9-12)22-18(27)21-14/h3-9H,10H2,1-2H3,(H,20,26)(H2,21,22,27). The minimum atomic E-state index is -0.283. The molecule has 0 saturated heterocycles. The summed E-state index contributed by atoms with van der Waals surface area (Å²) in [5.74, 6) is 1.47. The van der Waals surface area contributed by atoms with Crippen LogP contribution >= 0.6 is 11.8 Å². The van der Waals surface area contributed by atoms with E-state index in [1.807, 2.05) is 35.9 Å². The van der Waals surface area contributed by atoms with Crippen molar-refractivity contribution in [2.45, 2.75) is 5.16 Å². The van der Waals surface area contributed by atoms with Crippen LogP contribution in [0.15, 0.2) is 52.4 Å². The molecule has 4 rings (SSSR count). The number of nitrogens with one attached hydrogen (secondary N) is 3. The molecule has 2 aromatic heterocycles. The summed E-state index contributed by atoms with van der Waals surface area (Å²) in [4.78, 5) is 29.0. The number of hydrogen-bond donors (Lipinski definition) is 3. The van der Waals surface area contributed by atoms with Gasteiger partial charge in [0.25, 0.3) is 0 Å². The molecule has 2 heterocycles. The number of carbonyl (C=O) groups is 1. The first kappa shape index (κ1) is 18.8. The second-order valence-electron chi connectivity index (χ2n) is 6.27. The van der Waals surface area contributed by atoms with Gasteiger partial charge < -0.3 is 24.6 Å². The summed E-state index contributed by atoms with van der Waals surface area (Å²) in [6.07, 6.45) is 0. The molecule has 3 N–H and O–H groups in total. The van der Waals surface area contributed by atoms with Crippen molar-refractivity contribution in [3.05, 3.63) is 52.9 Å². The maximum Gasteiger partial charge on any atom is 0.323 e. The Balaban J connectivity index is 1.40. The second-order valence-corrected chi connectivity index (χ2v) is 7.21. The number of hydrogen-bond acceptors (Lipinski definition) is 6. The fraction of sp³-hybridized carbons (Fsp3) is 0.158. The van der Waals surface area contributed by atoms with E-state index in [1.165, 1.54) is 11.8 Å². The van der Waals surface area contributed by atoms with Gasteiger partial charge in [-0.15, -0.1) is 10.2 Å². The number of rotatable bonds is 6. The third-order valence-electron chi connectivity index (χ3n) is 4.32. The van der Waals surface area contributed by atoms with Crippen LogP contribution in [0.2, 0.25) is 0 Å². The number of nitrogens with zero attached hydrogens (tertiary/aromatic N) is 3. The van der Waals surface area contributed by atoms with Gasteiger partial charge in [-0.2, -0.15) is 0 Å². The van der Waals surface area contributed by atoms with E-state index in [4.69, 9.17) is 4.74 Å². The average molecular weight is 410 g/mol. The van der Waals surface area contributed by atoms with Gasteiger partial charge in [0.2, 0.25) is 5.91 Å². The van der Waals surface area contributed by atoms with E-state index in [0.29, 0.717) is 27.7 Å². The van der Waals surface area contributed by atoms with E-state index in [0.717, 1.165) is 11.3 Å². The van der Waals surface area contributed by atoms with E-state index >= 15 is 0 Å². The zero-order valence-electron chi connectivity index (χ0n) is 15.7. The van der Waals surface area contributed by atoms with Gasteiger partial charge in [-0.25, -0.2) is 4.79 Å². The van der Waals surface area contributed by atoms with E-state index in [1.54, 1.807) is 25.3 Å². The molecule has 0 unspecified atom stereocenters. The van der Waals surface area contributed by atoms with Crippen LogP contribution < -0.4 is 15.7 Å². The molecule has 0 saturated carbocycles. The highest BCUT2D eigenvalue weighted by atomic mass is 32.2. The first-order valence-electron chi connectivity index (χ1n) is 8.72. The van der Waals surface area contributed by atoms with Crippen LogP contribution in [0, 0.1) is 0 Å². The van der Waals surface area contributed by atoms with Crippen LogP contribution in [0.5, 0.6) is 5.75 Å². The molecular formula is C19H18N6O3S. The summed E-state index contributed by atoms with van der Waals surface area (Å²) in [6.45, 7) is 0. The Bertz CT molecular complexity index is 1220. The van der Waals surface area contributed by atoms with Crippen molar-refractivity contribution in [3.63, 3.8) is 0 Å². The highest BCUT2D eigenvalue weighted by Gasteiger charge is 2.13. The Morgan fingerprint density at radius 3 is 2.66 bits per heavy atom. The van der Waals surface area contributed by atoms with Crippen LogP contribution in [0.1, 0.15) is 0 Å². The van der Waals surface area contributed by atoms with Crippen LogP contribution in [0.3, 0.4) is 0 Å². The van der Waals surface area contributed by atoms with Crippen molar-refractivity contribution in [2.24, 2.45) is 7.05 Å². The molecule has 4 aromatic rings. The van der Waals surface area contributed by atoms with Crippen molar-refractivity contribution in [3.8, 4) is 17.1 Å². The van der Waals surface area contributed by atoms with Gasteiger partial charge in [0.05, 0.1) is 23.9 Å². The second kappa shape index (κ2) is 7.84. The highest BCUT2D eigenvalue weighted by molar-refractivity contribution is 7.99. The molecular weight excluding hydrogens is 392 g/mol. The quantitative estimate of drug-likeness (QED) is 0.420. The molecule has 0 aliphatic rings. The number of imidazole rings is 1. The summed E-state index contributed by atoms with van der Waals surface area (Å²) < 4.78 is 7.01. The number of fused-ring (bicyclic) bond motifs is 1. The van der Waals surface area contributed by atoms with Crippen LogP contribution in [-0.2, 0) is 11.8 Å². The maximum absolute atomic E-state index is 12.3. The van der Waals surface area contributed by atoms with Gasteiger partial charge in [0.1, 0.15) is 5.75 Å². The number of methoxy groups -OCH3 is 1. The first-order chi connectivity index (χ1) is 14.0. The summed E-state index contributed by atoms with van der Waals surface area (Å²) in [7, 11) is 3.47. The third-order valence-corrected chi connectivity index (χ3v) is 5.34. The zero-order chi connectivity index (χ0) is 20.4. The number of thioether (sulfide) groups is 1. The molecule has 1 amide bonds.